The molecule has 0 radical (unpaired) electrons. The molecule has 0 spiro atoms. The Bertz CT molecular complexity index is 1370. The highest BCUT2D eigenvalue weighted by molar-refractivity contribution is 8.26. The van der Waals surface area contributed by atoms with Gasteiger partial charge in [0.05, 0.1) is 9.93 Å². The molecule has 1 saturated heterocycles. The Kier molecular flexibility index (Phi) is 7.09. The number of hydrogen-bond donors (Lipinski definition) is 0. The molecule has 0 aliphatic carbocycles. The number of fused-ring (bicyclic) bond motifs is 1. The van der Waals surface area contributed by atoms with Gasteiger partial charge in [-0.2, -0.15) is 4.98 Å². The largest absolute Gasteiger partial charge is 0.437 e. The number of pyridine rings is 1. The second kappa shape index (κ2) is 9.85. The molecule has 1 aromatic carbocycles. The predicted octanol–water partition coefficient (Wildman–Crippen LogP) is 6.10. The number of amides is 1. The van der Waals surface area contributed by atoms with Gasteiger partial charge in [-0.3, -0.25) is 18.9 Å². The van der Waals surface area contributed by atoms with E-state index in [1.807, 2.05) is 19.9 Å². The summed E-state index contributed by atoms with van der Waals surface area (Å²) in [5.74, 6) is 0.0936. The molecule has 1 aliphatic rings. The van der Waals surface area contributed by atoms with Crippen LogP contribution in [0.25, 0.3) is 11.7 Å². The third kappa shape index (κ3) is 4.80. The molecule has 33 heavy (non-hydrogen) atoms. The van der Waals surface area contributed by atoms with Gasteiger partial charge in [-0.05, 0) is 49.2 Å². The molecular formula is C23H19Cl2N3O3S2. The average Bonchev–Trinajstić information content (AvgIpc) is 3.04. The van der Waals surface area contributed by atoms with Gasteiger partial charge in [0.1, 0.15) is 21.3 Å². The first-order valence-corrected chi connectivity index (χ1v) is 12.2. The van der Waals surface area contributed by atoms with Crippen LogP contribution in [0.2, 0.25) is 10.0 Å². The normalized spacial score (nSPS) is 15.2. The van der Waals surface area contributed by atoms with Crippen LogP contribution in [0, 0.1) is 6.92 Å². The van der Waals surface area contributed by atoms with E-state index in [1.54, 1.807) is 29.3 Å². The lowest BCUT2D eigenvalue weighted by molar-refractivity contribution is -0.122. The van der Waals surface area contributed by atoms with E-state index in [4.69, 9.17) is 40.2 Å². The van der Waals surface area contributed by atoms with Crippen molar-refractivity contribution in [2.24, 2.45) is 0 Å². The maximum Gasteiger partial charge on any atom is 0.269 e. The SMILES string of the molecule is CCCCN1C(=O)/C(=C\c2c(Oc3ccc(Cl)cc3Cl)nc3c(C)cccn3c2=O)SC1=S. The molecule has 4 rings (SSSR count). The van der Waals surface area contributed by atoms with E-state index < -0.39 is 0 Å². The van der Waals surface area contributed by atoms with E-state index in [2.05, 4.69) is 4.98 Å². The Hall–Kier alpha value is -2.39. The molecule has 0 atom stereocenters. The number of thioether (sulfide) groups is 1. The van der Waals surface area contributed by atoms with E-state index in [0.29, 0.717) is 26.4 Å². The summed E-state index contributed by atoms with van der Waals surface area (Å²) in [6, 6.07) is 8.37. The molecule has 0 saturated carbocycles. The molecule has 1 fully saturated rings. The number of nitrogens with zero attached hydrogens (tertiary/aromatic N) is 3. The average molecular weight is 520 g/mol. The van der Waals surface area contributed by atoms with Gasteiger partial charge in [0, 0.05) is 17.8 Å². The summed E-state index contributed by atoms with van der Waals surface area (Å²) in [7, 11) is 0. The van der Waals surface area contributed by atoms with E-state index in [-0.39, 0.29) is 33.7 Å². The van der Waals surface area contributed by atoms with Gasteiger partial charge in [0.15, 0.2) is 0 Å². The molecule has 0 bridgehead atoms. The number of hydrogen-bond acceptors (Lipinski definition) is 6. The van der Waals surface area contributed by atoms with Crippen LogP contribution >= 0.6 is 47.2 Å². The Balaban J connectivity index is 1.86. The monoisotopic (exact) mass is 519 g/mol. The van der Waals surface area contributed by atoms with Crippen molar-refractivity contribution in [2.45, 2.75) is 26.7 Å². The van der Waals surface area contributed by atoms with E-state index >= 15 is 0 Å². The molecule has 10 heteroatoms. The minimum absolute atomic E-state index is 0.0392. The van der Waals surface area contributed by atoms with Crippen LogP contribution in [0.4, 0.5) is 0 Å². The second-order valence-corrected chi connectivity index (χ2v) is 9.90. The summed E-state index contributed by atoms with van der Waals surface area (Å²) in [6.45, 7) is 4.43. The molecule has 0 N–H and O–H groups in total. The lowest BCUT2D eigenvalue weighted by Gasteiger charge is -2.13. The third-order valence-corrected chi connectivity index (χ3v) is 6.94. The van der Waals surface area contributed by atoms with Crippen LogP contribution < -0.4 is 10.3 Å². The van der Waals surface area contributed by atoms with Crippen molar-refractivity contribution < 1.29 is 9.53 Å². The van der Waals surface area contributed by atoms with Crippen molar-refractivity contribution in [1.29, 1.82) is 0 Å². The second-order valence-electron chi connectivity index (χ2n) is 7.38. The molecule has 6 nitrogen and oxygen atoms in total. The molecule has 170 valence electrons. The summed E-state index contributed by atoms with van der Waals surface area (Å²) in [6.07, 6.45) is 4.89. The first kappa shape index (κ1) is 23.8. The zero-order valence-corrected chi connectivity index (χ0v) is 20.9. The summed E-state index contributed by atoms with van der Waals surface area (Å²) in [4.78, 5) is 32.9. The number of carbonyl (C=O) groups excluding carboxylic acids is 1. The topological polar surface area (TPSA) is 63.9 Å². The number of unbranched alkanes of at least 4 members (excludes halogenated alkanes) is 1. The van der Waals surface area contributed by atoms with Gasteiger partial charge < -0.3 is 4.74 Å². The third-order valence-electron chi connectivity index (χ3n) is 5.03. The standard InChI is InChI=1S/C23H19Cl2N3O3S2/c1-3-4-9-28-22(30)18(33-23(28)32)12-15-20(31-17-8-7-14(24)11-16(17)25)26-19-13(2)6-5-10-27(19)21(15)29/h5-8,10-12H,3-4,9H2,1-2H3/b18-12+. The van der Waals surface area contributed by atoms with Gasteiger partial charge in [0.2, 0.25) is 5.88 Å². The van der Waals surface area contributed by atoms with Gasteiger partial charge in [-0.25, -0.2) is 0 Å². The van der Waals surface area contributed by atoms with Crippen LogP contribution in [0.1, 0.15) is 30.9 Å². The molecule has 1 amide bonds. The first-order chi connectivity index (χ1) is 15.8. The van der Waals surface area contributed by atoms with Gasteiger partial charge >= 0.3 is 0 Å². The highest BCUT2D eigenvalue weighted by Crippen LogP contribution is 2.36. The number of aromatic nitrogens is 2. The van der Waals surface area contributed by atoms with Crippen LogP contribution in [0.3, 0.4) is 0 Å². The predicted molar refractivity (Wildman–Crippen MR) is 138 cm³/mol. The number of ether oxygens (including phenoxy) is 1. The summed E-state index contributed by atoms with van der Waals surface area (Å²) >= 11 is 18.8. The smallest absolute Gasteiger partial charge is 0.269 e. The highest BCUT2D eigenvalue weighted by atomic mass is 35.5. The number of aryl methyl sites for hydroxylation is 1. The molecule has 3 aromatic rings. The fourth-order valence-electron chi connectivity index (χ4n) is 3.30. The van der Waals surface area contributed by atoms with Crippen molar-refractivity contribution in [2.75, 3.05) is 6.54 Å². The van der Waals surface area contributed by atoms with Crippen molar-refractivity contribution in [1.82, 2.24) is 14.3 Å². The quantitative estimate of drug-likeness (QED) is 0.289. The molecular weight excluding hydrogens is 501 g/mol. The first-order valence-electron chi connectivity index (χ1n) is 10.2. The number of rotatable bonds is 6. The van der Waals surface area contributed by atoms with E-state index in [1.165, 1.54) is 16.5 Å². The lowest BCUT2D eigenvalue weighted by Crippen LogP contribution is -2.29. The maximum absolute atomic E-state index is 13.4. The molecule has 2 aromatic heterocycles. The van der Waals surface area contributed by atoms with Gasteiger partial charge in [-0.15, -0.1) is 0 Å². The Labute approximate surface area is 210 Å². The Morgan fingerprint density at radius 1 is 1.24 bits per heavy atom. The summed E-state index contributed by atoms with van der Waals surface area (Å²) in [5, 5.41) is 0.719. The fourth-order valence-corrected chi connectivity index (χ4v) is 5.03. The van der Waals surface area contributed by atoms with Crippen molar-refractivity contribution in [3.8, 4) is 11.6 Å². The van der Waals surface area contributed by atoms with Gasteiger partial charge in [-0.1, -0.05) is 66.6 Å². The molecule has 0 unspecified atom stereocenters. The minimum atomic E-state index is -0.373. The highest BCUT2D eigenvalue weighted by Gasteiger charge is 2.32. The zero-order chi connectivity index (χ0) is 23.7. The summed E-state index contributed by atoms with van der Waals surface area (Å²) in [5.41, 5.74) is 0.983. The Morgan fingerprint density at radius 3 is 2.76 bits per heavy atom. The number of halogens is 2. The molecule has 1 aliphatic heterocycles. The van der Waals surface area contributed by atoms with Crippen molar-refractivity contribution in [3.63, 3.8) is 0 Å². The number of benzene rings is 1. The summed E-state index contributed by atoms with van der Waals surface area (Å²) < 4.78 is 7.87. The van der Waals surface area contributed by atoms with Crippen LogP contribution in [-0.4, -0.2) is 31.1 Å². The number of thiocarbonyl (C=S) groups is 1. The van der Waals surface area contributed by atoms with Gasteiger partial charge in [0.25, 0.3) is 11.5 Å². The minimum Gasteiger partial charge on any atom is -0.437 e. The lowest BCUT2D eigenvalue weighted by atomic mass is 10.2. The van der Waals surface area contributed by atoms with Crippen LogP contribution in [-0.2, 0) is 4.79 Å². The van der Waals surface area contributed by atoms with Crippen LogP contribution in [0.15, 0.2) is 46.2 Å². The number of carbonyl (C=O) groups is 1. The maximum atomic E-state index is 13.4. The van der Waals surface area contributed by atoms with Crippen molar-refractivity contribution >= 4 is 69.1 Å². The Morgan fingerprint density at radius 2 is 2.03 bits per heavy atom. The van der Waals surface area contributed by atoms with E-state index in [9.17, 15) is 9.59 Å². The zero-order valence-electron chi connectivity index (χ0n) is 17.8. The fraction of sp³-hybridized carbons (Fsp3) is 0.217. The van der Waals surface area contributed by atoms with E-state index in [0.717, 1.165) is 30.2 Å². The molecule has 3 heterocycles. The van der Waals surface area contributed by atoms with Crippen LogP contribution in [0.5, 0.6) is 11.6 Å². The van der Waals surface area contributed by atoms with Crippen molar-refractivity contribution in [3.05, 3.63) is 73.0 Å².